The standard InChI is InChI=1S/C14H20N2O2S/c1-4-11-12(17)16(14(2,3)13(18)15-11)7-5-10-6-8-19-9-10/h6,8-9,11H,4-5,7H2,1-3H3,(H,15,18). The van der Waals surface area contributed by atoms with Crippen molar-refractivity contribution in [3.8, 4) is 0 Å². The van der Waals surface area contributed by atoms with E-state index in [1.807, 2.05) is 12.3 Å². The van der Waals surface area contributed by atoms with E-state index in [4.69, 9.17) is 0 Å². The maximum atomic E-state index is 12.4. The topological polar surface area (TPSA) is 49.4 Å². The molecule has 5 heteroatoms. The predicted octanol–water partition coefficient (Wildman–Crippen LogP) is 1.81. The first-order chi connectivity index (χ1) is 8.96. The van der Waals surface area contributed by atoms with Crippen LogP contribution < -0.4 is 5.32 Å². The van der Waals surface area contributed by atoms with Crippen molar-refractivity contribution in [2.45, 2.75) is 45.2 Å². The Kier molecular flexibility index (Phi) is 3.94. The first-order valence-electron chi connectivity index (χ1n) is 6.60. The summed E-state index contributed by atoms with van der Waals surface area (Å²) in [5, 5.41) is 6.91. The molecule has 2 rings (SSSR count). The van der Waals surface area contributed by atoms with Crippen LogP contribution in [0.3, 0.4) is 0 Å². The van der Waals surface area contributed by atoms with Crippen molar-refractivity contribution in [1.29, 1.82) is 0 Å². The molecule has 0 bridgehead atoms. The molecule has 0 radical (unpaired) electrons. The number of carbonyl (C=O) groups excluding carboxylic acids is 2. The number of rotatable bonds is 4. The zero-order valence-electron chi connectivity index (χ0n) is 11.6. The first-order valence-corrected chi connectivity index (χ1v) is 7.54. The monoisotopic (exact) mass is 280 g/mol. The van der Waals surface area contributed by atoms with Gasteiger partial charge in [-0.25, -0.2) is 0 Å². The smallest absolute Gasteiger partial charge is 0.246 e. The highest BCUT2D eigenvalue weighted by Gasteiger charge is 2.45. The molecule has 2 heterocycles. The predicted molar refractivity (Wildman–Crippen MR) is 76.0 cm³/mol. The lowest BCUT2D eigenvalue weighted by Gasteiger charge is -2.44. The minimum absolute atomic E-state index is 0.0299. The average Bonchev–Trinajstić information content (AvgIpc) is 2.86. The van der Waals surface area contributed by atoms with Crippen LogP contribution in [-0.2, 0) is 16.0 Å². The van der Waals surface area contributed by atoms with E-state index in [1.54, 1.807) is 30.1 Å². The highest BCUT2D eigenvalue weighted by atomic mass is 32.1. The molecule has 1 atom stereocenters. The Morgan fingerprint density at radius 2 is 2.16 bits per heavy atom. The molecule has 4 nitrogen and oxygen atoms in total. The second kappa shape index (κ2) is 5.33. The van der Waals surface area contributed by atoms with Crippen LogP contribution in [0, 0.1) is 0 Å². The third-order valence-corrected chi connectivity index (χ3v) is 4.44. The lowest BCUT2D eigenvalue weighted by Crippen LogP contribution is -2.68. The molecule has 1 unspecified atom stereocenters. The molecular weight excluding hydrogens is 260 g/mol. The molecule has 1 aromatic rings. The molecule has 104 valence electrons. The van der Waals surface area contributed by atoms with Crippen LogP contribution in [0.15, 0.2) is 16.8 Å². The first kappa shape index (κ1) is 14.1. The van der Waals surface area contributed by atoms with Gasteiger partial charge in [-0.2, -0.15) is 11.3 Å². The highest BCUT2D eigenvalue weighted by Crippen LogP contribution is 2.22. The van der Waals surface area contributed by atoms with Gasteiger partial charge in [0.2, 0.25) is 11.8 Å². The molecule has 1 fully saturated rings. The van der Waals surface area contributed by atoms with Crippen molar-refractivity contribution >= 4 is 23.2 Å². The molecule has 2 amide bonds. The van der Waals surface area contributed by atoms with Gasteiger partial charge in [-0.05, 0) is 49.1 Å². The molecule has 1 saturated heterocycles. The van der Waals surface area contributed by atoms with Gasteiger partial charge in [0.25, 0.3) is 0 Å². The number of carbonyl (C=O) groups is 2. The summed E-state index contributed by atoms with van der Waals surface area (Å²) < 4.78 is 0. The molecule has 0 aliphatic carbocycles. The Morgan fingerprint density at radius 1 is 1.42 bits per heavy atom. The van der Waals surface area contributed by atoms with E-state index in [0.717, 1.165) is 6.42 Å². The van der Waals surface area contributed by atoms with Crippen LogP contribution in [-0.4, -0.2) is 34.8 Å². The number of piperazine rings is 1. The minimum Gasteiger partial charge on any atom is -0.342 e. The summed E-state index contributed by atoms with van der Waals surface area (Å²) in [4.78, 5) is 26.2. The van der Waals surface area contributed by atoms with E-state index in [-0.39, 0.29) is 17.9 Å². The van der Waals surface area contributed by atoms with Gasteiger partial charge in [-0.1, -0.05) is 6.92 Å². The van der Waals surface area contributed by atoms with E-state index in [2.05, 4.69) is 16.8 Å². The molecule has 0 aromatic carbocycles. The number of hydrogen-bond acceptors (Lipinski definition) is 3. The van der Waals surface area contributed by atoms with Crippen LogP contribution in [0.5, 0.6) is 0 Å². The van der Waals surface area contributed by atoms with Gasteiger partial charge >= 0.3 is 0 Å². The van der Waals surface area contributed by atoms with Crippen LogP contribution >= 0.6 is 11.3 Å². The molecule has 19 heavy (non-hydrogen) atoms. The summed E-state index contributed by atoms with van der Waals surface area (Å²) in [6.45, 7) is 6.12. The van der Waals surface area contributed by atoms with Gasteiger partial charge in [0.15, 0.2) is 0 Å². The molecule has 1 aromatic heterocycles. The van der Waals surface area contributed by atoms with Crippen molar-refractivity contribution < 1.29 is 9.59 Å². The maximum absolute atomic E-state index is 12.4. The fourth-order valence-corrected chi connectivity index (χ4v) is 3.03. The Bertz CT molecular complexity index is 468. The van der Waals surface area contributed by atoms with E-state index in [0.29, 0.717) is 13.0 Å². The summed E-state index contributed by atoms with van der Waals surface area (Å²) in [6.07, 6.45) is 1.43. The lowest BCUT2D eigenvalue weighted by molar-refractivity contribution is -0.155. The van der Waals surface area contributed by atoms with E-state index >= 15 is 0 Å². The number of nitrogens with one attached hydrogen (secondary N) is 1. The number of hydrogen-bond donors (Lipinski definition) is 1. The van der Waals surface area contributed by atoms with Crippen LogP contribution in [0.25, 0.3) is 0 Å². The molecule has 0 saturated carbocycles. The molecule has 1 aliphatic heterocycles. The number of nitrogens with zero attached hydrogens (tertiary/aromatic N) is 1. The Balaban J connectivity index is 2.13. The third-order valence-electron chi connectivity index (χ3n) is 3.71. The molecular formula is C14H20N2O2S. The average molecular weight is 280 g/mol. The van der Waals surface area contributed by atoms with Crippen LogP contribution in [0.4, 0.5) is 0 Å². The Hall–Kier alpha value is -1.36. The Labute approximate surface area is 117 Å². The fourth-order valence-electron chi connectivity index (χ4n) is 2.32. The summed E-state index contributed by atoms with van der Waals surface area (Å²) >= 11 is 1.65. The minimum atomic E-state index is -0.765. The molecule has 1 N–H and O–H groups in total. The van der Waals surface area contributed by atoms with Gasteiger partial charge in [0.05, 0.1) is 0 Å². The van der Waals surface area contributed by atoms with Crippen molar-refractivity contribution in [2.24, 2.45) is 0 Å². The van der Waals surface area contributed by atoms with Crippen molar-refractivity contribution in [3.05, 3.63) is 22.4 Å². The van der Waals surface area contributed by atoms with Crippen molar-refractivity contribution in [2.75, 3.05) is 6.54 Å². The normalized spacial score (nSPS) is 22.5. The van der Waals surface area contributed by atoms with Gasteiger partial charge in [-0.15, -0.1) is 0 Å². The lowest BCUT2D eigenvalue weighted by atomic mass is 9.94. The van der Waals surface area contributed by atoms with Gasteiger partial charge in [0.1, 0.15) is 11.6 Å². The Morgan fingerprint density at radius 3 is 2.74 bits per heavy atom. The highest BCUT2D eigenvalue weighted by molar-refractivity contribution is 7.07. The van der Waals surface area contributed by atoms with Crippen LogP contribution in [0.1, 0.15) is 32.8 Å². The SMILES string of the molecule is CCC1NC(=O)C(C)(C)N(CCc2ccsc2)C1=O. The summed E-state index contributed by atoms with van der Waals surface area (Å²) in [7, 11) is 0. The zero-order chi connectivity index (χ0) is 14.0. The largest absolute Gasteiger partial charge is 0.342 e. The number of amides is 2. The zero-order valence-corrected chi connectivity index (χ0v) is 12.4. The summed E-state index contributed by atoms with van der Waals surface area (Å²) in [6, 6.07) is 1.69. The number of thiophene rings is 1. The van der Waals surface area contributed by atoms with Gasteiger partial charge < -0.3 is 10.2 Å². The molecule has 1 aliphatic rings. The second-order valence-electron chi connectivity index (χ2n) is 5.36. The van der Waals surface area contributed by atoms with Crippen molar-refractivity contribution in [3.63, 3.8) is 0 Å². The van der Waals surface area contributed by atoms with Gasteiger partial charge in [-0.3, -0.25) is 9.59 Å². The van der Waals surface area contributed by atoms with Gasteiger partial charge in [0, 0.05) is 6.54 Å². The van der Waals surface area contributed by atoms with Crippen molar-refractivity contribution in [1.82, 2.24) is 10.2 Å². The van der Waals surface area contributed by atoms with E-state index < -0.39 is 5.54 Å². The third kappa shape index (κ3) is 2.66. The summed E-state index contributed by atoms with van der Waals surface area (Å²) in [5.41, 5.74) is 0.450. The quantitative estimate of drug-likeness (QED) is 0.914. The second-order valence-corrected chi connectivity index (χ2v) is 6.14. The summed E-state index contributed by atoms with van der Waals surface area (Å²) in [5.74, 6) is -0.0356. The van der Waals surface area contributed by atoms with E-state index in [9.17, 15) is 9.59 Å². The van der Waals surface area contributed by atoms with Crippen LogP contribution in [0.2, 0.25) is 0 Å². The fraction of sp³-hybridized carbons (Fsp3) is 0.571. The maximum Gasteiger partial charge on any atom is 0.246 e. The van der Waals surface area contributed by atoms with E-state index in [1.165, 1.54) is 5.56 Å². The molecule has 0 spiro atoms.